The van der Waals surface area contributed by atoms with Gasteiger partial charge in [-0.1, -0.05) is 35.8 Å². The summed E-state index contributed by atoms with van der Waals surface area (Å²) in [7, 11) is 0. The number of rotatable bonds is 8. The maximum atomic E-state index is 5.99. The Balaban J connectivity index is 2.05. The smallest absolute Gasteiger partial charge is 0.127 e. The van der Waals surface area contributed by atoms with E-state index in [0.29, 0.717) is 6.61 Å². The van der Waals surface area contributed by atoms with Crippen LogP contribution in [0.5, 0.6) is 11.5 Å². The van der Waals surface area contributed by atoms with Gasteiger partial charge in [0.2, 0.25) is 0 Å². The molecule has 4 heteroatoms. The van der Waals surface area contributed by atoms with Gasteiger partial charge in [-0.2, -0.15) is 0 Å². The van der Waals surface area contributed by atoms with E-state index in [0.717, 1.165) is 41.8 Å². The molecular formula is C17H21BrO2S. The average Bonchev–Trinajstić information content (AvgIpc) is 2.99. The molecule has 0 amide bonds. The first-order chi connectivity index (χ1) is 10.3. The van der Waals surface area contributed by atoms with Crippen LogP contribution in [0.2, 0.25) is 0 Å². The van der Waals surface area contributed by atoms with Crippen LogP contribution in [0.4, 0.5) is 0 Å². The highest BCUT2D eigenvalue weighted by Gasteiger charge is 2.07. The highest BCUT2D eigenvalue weighted by molar-refractivity contribution is 9.08. The third kappa shape index (κ3) is 4.75. The molecule has 0 radical (unpaired) electrons. The molecule has 0 saturated heterocycles. The Morgan fingerprint density at radius 3 is 2.52 bits per heavy atom. The lowest BCUT2D eigenvalue weighted by molar-refractivity contribution is 0.295. The maximum absolute atomic E-state index is 5.99. The van der Waals surface area contributed by atoms with Gasteiger partial charge in [-0.15, -0.1) is 11.3 Å². The Labute approximate surface area is 139 Å². The van der Waals surface area contributed by atoms with Crippen molar-refractivity contribution < 1.29 is 9.47 Å². The molecular weight excluding hydrogens is 348 g/mol. The zero-order valence-electron chi connectivity index (χ0n) is 12.5. The fraction of sp³-hybridized carbons (Fsp3) is 0.412. The summed E-state index contributed by atoms with van der Waals surface area (Å²) in [6.07, 6.45) is 2.09. The van der Waals surface area contributed by atoms with Gasteiger partial charge in [-0.05, 0) is 31.0 Å². The first-order valence-electron chi connectivity index (χ1n) is 7.28. The second-order valence-corrected chi connectivity index (χ2v) is 6.58. The first-order valence-corrected chi connectivity index (χ1v) is 9.22. The van der Waals surface area contributed by atoms with Crippen LogP contribution in [0.3, 0.4) is 0 Å². The van der Waals surface area contributed by atoms with Gasteiger partial charge in [0, 0.05) is 26.7 Å². The molecule has 1 heterocycles. The van der Waals surface area contributed by atoms with Gasteiger partial charge in [0.15, 0.2) is 0 Å². The fourth-order valence-corrected chi connectivity index (χ4v) is 3.26. The van der Waals surface area contributed by atoms with E-state index in [-0.39, 0.29) is 0 Å². The van der Waals surface area contributed by atoms with Gasteiger partial charge < -0.3 is 9.47 Å². The van der Waals surface area contributed by atoms with Crippen LogP contribution in [0, 0.1) is 0 Å². The van der Waals surface area contributed by atoms with Gasteiger partial charge >= 0.3 is 0 Å². The van der Waals surface area contributed by atoms with E-state index >= 15 is 0 Å². The SMILES string of the molecule is CCCOc1ccc(CBr)c(OCc2ccc(CC)s2)c1. The number of hydrogen-bond donors (Lipinski definition) is 0. The molecule has 0 spiro atoms. The van der Waals surface area contributed by atoms with Gasteiger partial charge in [0.25, 0.3) is 0 Å². The summed E-state index contributed by atoms with van der Waals surface area (Å²) < 4.78 is 11.7. The predicted molar refractivity (Wildman–Crippen MR) is 92.9 cm³/mol. The van der Waals surface area contributed by atoms with E-state index in [1.807, 2.05) is 23.5 Å². The molecule has 0 bridgehead atoms. The number of benzene rings is 1. The highest BCUT2D eigenvalue weighted by atomic mass is 79.9. The van der Waals surface area contributed by atoms with Crippen LogP contribution in [0.1, 0.15) is 35.6 Å². The van der Waals surface area contributed by atoms with E-state index < -0.39 is 0 Å². The van der Waals surface area contributed by atoms with Crippen LogP contribution >= 0.6 is 27.3 Å². The Kier molecular flexibility index (Phi) is 6.58. The molecule has 0 unspecified atom stereocenters. The summed E-state index contributed by atoms with van der Waals surface area (Å²) in [5.41, 5.74) is 1.14. The predicted octanol–water partition coefficient (Wildman–Crippen LogP) is 5.57. The molecule has 0 atom stereocenters. The standard InChI is InChI=1S/C17H21BrO2S/c1-3-9-19-14-6-5-13(11-18)17(10-14)20-12-16-8-7-15(4-2)21-16/h5-8,10H,3-4,9,11-12H2,1-2H3. The Bertz CT molecular complexity index is 566. The highest BCUT2D eigenvalue weighted by Crippen LogP contribution is 2.28. The zero-order chi connectivity index (χ0) is 15.1. The van der Waals surface area contributed by atoms with Crippen LogP contribution in [0.25, 0.3) is 0 Å². The van der Waals surface area contributed by atoms with Crippen LogP contribution in [-0.4, -0.2) is 6.61 Å². The normalized spacial score (nSPS) is 10.6. The number of aryl methyl sites for hydroxylation is 1. The summed E-state index contributed by atoms with van der Waals surface area (Å²) in [5, 5.41) is 0.779. The number of halogens is 1. The third-order valence-electron chi connectivity index (χ3n) is 3.09. The molecule has 0 aliphatic carbocycles. The van der Waals surface area contributed by atoms with Crippen molar-refractivity contribution in [3.8, 4) is 11.5 Å². The summed E-state index contributed by atoms with van der Waals surface area (Å²) in [6.45, 7) is 5.63. The van der Waals surface area contributed by atoms with Crippen molar-refractivity contribution in [1.82, 2.24) is 0 Å². The van der Waals surface area contributed by atoms with E-state index in [1.54, 1.807) is 0 Å². The topological polar surface area (TPSA) is 18.5 Å². The van der Waals surface area contributed by atoms with Gasteiger partial charge in [-0.25, -0.2) is 0 Å². The van der Waals surface area contributed by atoms with Crippen molar-refractivity contribution in [2.75, 3.05) is 6.61 Å². The van der Waals surface area contributed by atoms with E-state index in [9.17, 15) is 0 Å². The van der Waals surface area contributed by atoms with Crippen LogP contribution in [0.15, 0.2) is 30.3 Å². The lowest BCUT2D eigenvalue weighted by Gasteiger charge is -2.12. The van der Waals surface area contributed by atoms with Crippen molar-refractivity contribution in [3.63, 3.8) is 0 Å². The van der Waals surface area contributed by atoms with E-state index in [2.05, 4.69) is 48.0 Å². The van der Waals surface area contributed by atoms with Crippen molar-refractivity contribution in [1.29, 1.82) is 0 Å². The number of ether oxygens (including phenoxy) is 2. The minimum absolute atomic E-state index is 0.613. The van der Waals surface area contributed by atoms with Crippen LogP contribution < -0.4 is 9.47 Å². The number of thiophene rings is 1. The minimum Gasteiger partial charge on any atom is -0.493 e. The second kappa shape index (κ2) is 8.44. The molecule has 114 valence electrons. The first kappa shape index (κ1) is 16.4. The molecule has 0 aliphatic heterocycles. The average molecular weight is 369 g/mol. The van der Waals surface area contributed by atoms with Crippen molar-refractivity contribution >= 4 is 27.3 Å². The van der Waals surface area contributed by atoms with Crippen LogP contribution in [-0.2, 0) is 18.4 Å². The molecule has 0 fully saturated rings. The number of alkyl halides is 1. The summed E-state index contributed by atoms with van der Waals surface area (Å²) in [4.78, 5) is 2.65. The zero-order valence-corrected chi connectivity index (χ0v) is 14.9. The fourth-order valence-electron chi connectivity index (χ4n) is 1.93. The third-order valence-corrected chi connectivity index (χ3v) is 4.90. The Morgan fingerprint density at radius 2 is 1.86 bits per heavy atom. The Morgan fingerprint density at radius 1 is 1.05 bits per heavy atom. The van der Waals surface area contributed by atoms with Gasteiger partial charge in [-0.3, -0.25) is 0 Å². The van der Waals surface area contributed by atoms with E-state index in [4.69, 9.17) is 9.47 Å². The largest absolute Gasteiger partial charge is 0.493 e. The quantitative estimate of drug-likeness (QED) is 0.566. The summed E-state index contributed by atoms with van der Waals surface area (Å²) in [6, 6.07) is 10.4. The van der Waals surface area contributed by atoms with Crippen molar-refractivity contribution in [2.24, 2.45) is 0 Å². The molecule has 2 rings (SSSR count). The molecule has 2 aromatic rings. The van der Waals surface area contributed by atoms with E-state index in [1.165, 1.54) is 9.75 Å². The maximum Gasteiger partial charge on any atom is 0.127 e. The van der Waals surface area contributed by atoms with Crippen molar-refractivity contribution in [3.05, 3.63) is 45.6 Å². The molecule has 0 N–H and O–H groups in total. The second-order valence-electron chi connectivity index (χ2n) is 4.76. The molecule has 0 aliphatic rings. The molecule has 1 aromatic heterocycles. The Hall–Kier alpha value is -1.00. The van der Waals surface area contributed by atoms with Gasteiger partial charge in [0.1, 0.15) is 18.1 Å². The molecule has 0 saturated carbocycles. The lowest BCUT2D eigenvalue weighted by Crippen LogP contribution is -1.99. The van der Waals surface area contributed by atoms with Gasteiger partial charge in [0.05, 0.1) is 6.61 Å². The van der Waals surface area contributed by atoms with Crippen molar-refractivity contribution in [2.45, 2.75) is 38.6 Å². The number of hydrogen-bond acceptors (Lipinski definition) is 3. The summed E-state index contributed by atoms with van der Waals surface area (Å²) in [5.74, 6) is 1.77. The summed E-state index contributed by atoms with van der Waals surface area (Å²) >= 11 is 5.32. The monoisotopic (exact) mass is 368 g/mol. The minimum atomic E-state index is 0.613. The molecule has 21 heavy (non-hydrogen) atoms. The molecule has 1 aromatic carbocycles. The molecule has 2 nitrogen and oxygen atoms in total. The lowest BCUT2D eigenvalue weighted by atomic mass is 10.2.